The van der Waals surface area contributed by atoms with Gasteiger partial charge in [-0.05, 0) is 48.8 Å². The van der Waals surface area contributed by atoms with Gasteiger partial charge >= 0.3 is 0 Å². The lowest BCUT2D eigenvalue weighted by molar-refractivity contribution is -0.116. The fourth-order valence-corrected chi connectivity index (χ4v) is 3.11. The monoisotopic (exact) mass is 389 g/mol. The Kier molecular flexibility index (Phi) is 8.80. The molecule has 146 valence electrons. The van der Waals surface area contributed by atoms with Crippen LogP contribution >= 0.6 is 11.3 Å². The quantitative estimate of drug-likeness (QED) is 0.619. The Bertz CT molecular complexity index is 698. The number of nitrogens with one attached hydrogen (secondary N) is 2. The molecule has 0 aliphatic rings. The van der Waals surface area contributed by atoms with E-state index in [1.54, 1.807) is 6.07 Å². The summed E-state index contributed by atoms with van der Waals surface area (Å²) in [6, 6.07) is 10.9. The van der Waals surface area contributed by atoms with Crippen LogP contribution in [0.3, 0.4) is 0 Å². The molecule has 0 saturated heterocycles. The van der Waals surface area contributed by atoms with Crippen molar-refractivity contribution in [2.75, 3.05) is 38.1 Å². The summed E-state index contributed by atoms with van der Waals surface area (Å²) in [5.41, 5.74) is 0.709. The van der Waals surface area contributed by atoms with Crippen LogP contribution in [-0.2, 0) is 4.79 Å². The van der Waals surface area contributed by atoms with Crippen LogP contribution in [0.5, 0.6) is 5.75 Å². The Morgan fingerprint density at radius 3 is 2.48 bits per heavy atom. The van der Waals surface area contributed by atoms with E-state index in [4.69, 9.17) is 4.74 Å². The minimum absolute atomic E-state index is 0.142. The lowest BCUT2D eigenvalue weighted by atomic mass is 10.3. The summed E-state index contributed by atoms with van der Waals surface area (Å²) in [5, 5.41) is 7.40. The van der Waals surface area contributed by atoms with E-state index < -0.39 is 0 Å². The summed E-state index contributed by atoms with van der Waals surface area (Å²) in [5.74, 6) is 0.490. The third-order valence-corrected chi connectivity index (χ3v) is 4.96. The first-order valence-corrected chi connectivity index (χ1v) is 10.1. The molecule has 7 heteroatoms. The number of nitrogens with zero attached hydrogens (tertiary/aromatic N) is 1. The van der Waals surface area contributed by atoms with E-state index in [1.807, 2.05) is 35.7 Å². The molecule has 1 aromatic carbocycles. The summed E-state index contributed by atoms with van der Waals surface area (Å²) in [6.07, 6.45) is 0.221. The molecule has 2 amide bonds. The van der Waals surface area contributed by atoms with Crippen LogP contribution in [0.15, 0.2) is 41.8 Å². The summed E-state index contributed by atoms with van der Waals surface area (Å²) < 4.78 is 5.73. The predicted molar refractivity (Wildman–Crippen MR) is 110 cm³/mol. The third-order valence-electron chi connectivity index (χ3n) is 4.09. The standard InChI is InChI=1S/C20H27N3O3S/c1-3-23(4-2)13-14-26-17-9-7-16(8-10-17)22-19(24)11-12-21-20(25)18-6-5-15-27-18/h5-10,15H,3-4,11-14H2,1-2H3,(H,21,25)(H,22,24). The van der Waals surface area contributed by atoms with Crippen molar-refractivity contribution in [1.29, 1.82) is 0 Å². The normalized spacial score (nSPS) is 10.6. The lowest BCUT2D eigenvalue weighted by Gasteiger charge is -2.18. The fourth-order valence-electron chi connectivity index (χ4n) is 2.47. The van der Waals surface area contributed by atoms with E-state index in [2.05, 4.69) is 29.4 Å². The first-order valence-electron chi connectivity index (χ1n) is 9.19. The second-order valence-corrected chi connectivity index (χ2v) is 6.88. The number of carbonyl (C=O) groups excluding carboxylic acids is 2. The number of ether oxygens (including phenoxy) is 1. The maximum Gasteiger partial charge on any atom is 0.261 e. The van der Waals surface area contributed by atoms with Crippen molar-refractivity contribution in [3.63, 3.8) is 0 Å². The summed E-state index contributed by atoms with van der Waals surface area (Å²) in [4.78, 5) is 26.7. The van der Waals surface area contributed by atoms with Crippen LogP contribution in [0.1, 0.15) is 29.9 Å². The van der Waals surface area contributed by atoms with Gasteiger partial charge in [-0.25, -0.2) is 0 Å². The van der Waals surface area contributed by atoms with Crippen LogP contribution in [0.2, 0.25) is 0 Å². The topological polar surface area (TPSA) is 70.7 Å². The largest absolute Gasteiger partial charge is 0.492 e. The maximum atomic E-state index is 12.0. The van der Waals surface area contributed by atoms with Gasteiger partial charge in [0.05, 0.1) is 4.88 Å². The zero-order valence-corrected chi connectivity index (χ0v) is 16.7. The molecule has 6 nitrogen and oxygen atoms in total. The molecular formula is C20H27N3O3S. The molecule has 27 heavy (non-hydrogen) atoms. The molecule has 1 heterocycles. The van der Waals surface area contributed by atoms with Crippen LogP contribution in [0, 0.1) is 0 Å². The van der Waals surface area contributed by atoms with Crippen molar-refractivity contribution >= 4 is 28.8 Å². The van der Waals surface area contributed by atoms with Gasteiger partial charge in [0.15, 0.2) is 0 Å². The highest BCUT2D eigenvalue weighted by atomic mass is 32.1. The number of carbonyl (C=O) groups is 2. The van der Waals surface area contributed by atoms with Gasteiger partial charge in [-0.3, -0.25) is 9.59 Å². The number of thiophene rings is 1. The van der Waals surface area contributed by atoms with Crippen molar-refractivity contribution in [1.82, 2.24) is 10.2 Å². The van der Waals surface area contributed by atoms with Gasteiger partial charge in [0, 0.05) is 25.2 Å². The van der Waals surface area contributed by atoms with Crippen molar-refractivity contribution in [2.24, 2.45) is 0 Å². The molecule has 0 saturated carbocycles. The fraction of sp³-hybridized carbons (Fsp3) is 0.400. The Labute approximate surface area is 164 Å². The SMILES string of the molecule is CCN(CC)CCOc1ccc(NC(=O)CCNC(=O)c2cccs2)cc1. The number of benzene rings is 1. The molecule has 0 bridgehead atoms. The first kappa shape index (κ1) is 20.9. The van der Waals surface area contributed by atoms with Gasteiger partial charge in [0.2, 0.25) is 5.91 Å². The molecule has 2 rings (SSSR count). The molecule has 2 aromatic rings. The predicted octanol–water partition coefficient (Wildman–Crippen LogP) is 3.23. The summed E-state index contributed by atoms with van der Waals surface area (Å²) in [6.45, 7) is 8.12. The number of hydrogen-bond acceptors (Lipinski definition) is 5. The van der Waals surface area contributed by atoms with Crippen molar-refractivity contribution < 1.29 is 14.3 Å². The van der Waals surface area contributed by atoms with Crippen LogP contribution in [0.25, 0.3) is 0 Å². The number of rotatable bonds is 11. The van der Waals surface area contributed by atoms with E-state index in [1.165, 1.54) is 11.3 Å². The highest BCUT2D eigenvalue weighted by Gasteiger charge is 2.08. The van der Waals surface area contributed by atoms with Gasteiger partial charge in [0.25, 0.3) is 5.91 Å². The molecule has 0 atom stereocenters. The molecule has 1 aromatic heterocycles. The zero-order valence-electron chi connectivity index (χ0n) is 15.9. The summed E-state index contributed by atoms with van der Waals surface area (Å²) >= 11 is 1.38. The number of anilines is 1. The van der Waals surface area contributed by atoms with E-state index in [-0.39, 0.29) is 18.2 Å². The lowest BCUT2D eigenvalue weighted by Crippen LogP contribution is -2.27. The van der Waals surface area contributed by atoms with Crippen molar-refractivity contribution in [3.05, 3.63) is 46.7 Å². The third kappa shape index (κ3) is 7.40. The molecular weight excluding hydrogens is 362 g/mol. The van der Waals surface area contributed by atoms with Crippen LogP contribution < -0.4 is 15.4 Å². The Hall–Kier alpha value is -2.38. The number of amides is 2. The molecule has 2 N–H and O–H groups in total. The van der Waals surface area contributed by atoms with E-state index >= 15 is 0 Å². The van der Waals surface area contributed by atoms with E-state index in [0.29, 0.717) is 23.7 Å². The molecule has 0 aliphatic carbocycles. The highest BCUT2D eigenvalue weighted by molar-refractivity contribution is 7.12. The van der Waals surface area contributed by atoms with Gasteiger partial charge in [-0.2, -0.15) is 0 Å². The zero-order chi connectivity index (χ0) is 19.5. The Morgan fingerprint density at radius 1 is 1.11 bits per heavy atom. The average Bonchev–Trinajstić information content (AvgIpc) is 3.21. The molecule has 0 unspecified atom stereocenters. The summed E-state index contributed by atoms with van der Waals surface area (Å²) in [7, 11) is 0. The molecule has 0 radical (unpaired) electrons. The highest BCUT2D eigenvalue weighted by Crippen LogP contribution is 2.16. The average molecular weight is 390 g/mol. The number of likely N-dealkylation sites (N-methyl/N-ethyl adjacent to an activating group) is 1. The van der Waals surface area contributed by atoms with Gasteiger partial charge in [0.1, 0.15) is 12.4 Å². The van der Waals surface area contributed by atoms with Gasteiger partial charge < -0.3 is 20.3 Å². The molecule has 0 fully saturated rings. The molecule has 0 spiro atoms. The van der Waals surface area contributed by atoms with Crippen molar-refractivity contribution in [2.45, 2.75) is 20.3 Å². The maximum absolute atomic E-state index is 12.0. The minimum atomic E-state index is -0.149. The molecule has 0 aliphatic heterocycles. The van der Waals surface area contributed by atoms with Crippen molar-refractivity contribution in [3.8, 4) is 5.75 Å². The number of hydrogen-bond donors (Lipinski definition) is 2. The van der Waals surface area contributed by atoms with Gasteiger partial charge in [-0.1, -0.05) is 19.9 Å². The minimum Gasteiger partial charge on any atom is -0.492 e. The van der Waals surface area contributed by atoms with Crippen LogP contribution in [0.4, 0.5) is 5.69 Å². The van der Waals surface area contributed by atoms with E-state index in [9.17, 15) is 9.59 Å². The smallest absolute Gasteiger partial charge is 0.261 e. The van der Waals surface area contributed by atoms with Gasteiger partial charge in [-0.15, -0.1) is 11.3 Å². The van der Waals surface area contributed by atoms with Crippen LogP contribution in [-0.4, -0.2) is 49.5 Å². The van der Waals surface area contributed by atoms with E-state index in [0.717, 1.165) is 25.4 Å². The Balaban J connectivity index is 1.67. The second kappa shape index (κ2) is 11.4. The Morgan fingerprint density at radius 2 is 1.85 bits per heavy atom. The first-order chi connectivity index (χ1) is 13.1. The second-order valence-electron chi connectivity index (χ2n) is 5.93.